The minimum absolute atomic E-state index is 0.0502. The average molecular weight is 307 g/mol. The molecule has 7 nitrogen and oxygen atoms in total. The first-order valence-corrected chi connectivity index (χ1v) is 7.26. The first-order chi connectivity index (χ1) is 10.5. The van der Waals surface area contributed by atoms with E-state index in [1.54, 1.807) is 12.1 Å². The largest absolute Gasteiger partial charge is 0.496 e. The van der Waals surface area contributed by atoms with Crippen LogP contribution in [0.4, 0.5) is 11.4 Å². The molecule has 1 saturated heterocycles. The molecule has 7 heteroatoms. The van der Waals surface area contributed by atoms with Crippen molar-refractivity contribution in [2.75, 3.05) is 33.4 Å². The van der Waals surface area contributed by atoms with Gasteiger partial charge in [-0.1, -0.05) is 13.8 Å². The molecule has 1 aliphatic rings. The first kappa shape index (κ1) is 16.2. The average Bonchev–Trinajstić information content (AvgIpc) is 2.53. The van der Waals surface area contributed by atoms with Gasteiger partial charge in [-0.3, -0.25) is 10.1 Å². The standard InChI is InChI=1S/C15H21N3O4/c1-11(2)15(17-6-8-22-9-7-17)16-13-5-4-12(21-3)10-14(13)18(19)20/h4-5,10-11H,6-9H2,1-3H3. The van der Waals surface area contributed by atoms with Crippen molar-refractivity contribution in [3.05, 3.63) is 28.3 Å². The van der Waals surface area contributed by atoms with Gasteiger partial charge >= 0.3 is 0 Å². The third-order valence-electron chi connectivity index (χ3n) is 3.47. The second kappa shape index (κ2) is 7.22. The Labute approximate surface area is 129 Å². The van der Waals surface area contributed by atoms with Gasteiger partial charge in [-0.25, -0.2) is 4.99 Å². The molecule has 0 saturated carbocycles. The van der Waals surface area contributed by atoms with Crippen LogP contribution in [-0.2, 0) is 4.74 Å². The summed E-state index contributed by atoms with van der Waals surface area (Å²) < 4.78 is 10.4. The number of nitro groups is 1. The van der Waals surface area contributed by atoms with Crippen LogP contribution in [0.25, 0.3) is 0 Å². The van der Waals surface area contributed by atoms with Crippen molar-refractivity contribution in [3.8, 4) is 5.75 Å². The van der Waals surface area contributed by atoms with Gasteiger partial charge in [0.1, 0.15) is 17.3 Å². The van der Waals surface area contributed by atoms with Crippen LogP contribution in [-0.4, -0.2) is 49.1 Å². The molecule has 0 N–H and O–H groups in total. The Hall–Kier alpha value is -2.15. The number of hydrogen-bond acceptors (Lipinski definition) is 5. The van der Waals surface area contributed by atoms with E-state index in [0.29, 0.717) is 24.7 Å². The fourth-order valence-corrected chi connectivity index (χ4v) is 2.35. The summed E-state index contributed by atoms with van der Waals surface area (Å²) in [6.07, 6.45) is 0. The van der Waals surface area contributed by atoms with Crippen LogP contribution in [0, 0.1) is 16.0 Å². The minimum Gasteiger partial charge on any atom is -0.496 e. The number of methoxy groups -OCH3 is 1. The van der Waals surface area contributed by atoms with Gasteiger partial charge in [0.25, 0.3) is 5.69 Å². The Morgan fingerprint density at radius 1 is 1.41 bits per heavy atom. The van der Waals surface area contributed by atoms with E-state index in [-0.39, 0.29) is 11.6 Å². The van der Waals surface area contributed by atoms with Crippen molar-refractivity contribution < 1.29 is 14.4 Å². The highest BCUT2D eigenvalue weighted by Crippen LogP contribution is 2.32. The number of hydrogen-bond donors (Lipinski definition) is 0. The van der Waals surface area contributed by atoms with Crippen LogP contribution in [0.3, 0.4) is 0 Å². The fourth-order valence-electron chi connectivity index (χ4n) is 2.35. The van der Waals surface area contributed by atoms with Crippen LogP contribution >= 0.6 is 0 Å². The van der Waals surface area contributed by atoms with E-state index in [0.717, 1.165) is 18.9 Å². The summed E-state index contributed by atoms with van der Waals surface area (Å²) in [7, 11) is 1.48. The molecule has 22 heavy (non-hydrogen) atoms. The topological polar surface area (TPSA) is 77.2 Å². The minimum atomic E-state index is -0.432. The fraction of sp³-hybridized carbons (Fsp3) is 0.533. The highest BCUT2D eigenvalue weighted by Gasteiger charge is 2.21. The zero-order chi connectivity index (χ0) is 16.1. The van der Waals surface area contributed by atoms with E-state index >= 15 is 0 Å². The number of amidine groups is 1. The summed E-state index contributed by atoms with van der Waals surface area (Å²) >= 11 is 0. The van der Waals surface area contributed by atoms with E-state index in [9.17, 15) is 10.1 Å². The SMILES string of the molecule is COc1ccc(N=C(C(C)C)N2CCOCC2)c([N+](=O)[O-])c1. The quantitative estimate of drug-likeness (QED) is 0.370. The molecule has 1 fully saturated rings. The Bertz CT molecular complexity index is 566. The lowest BCUT2D eigenvalue weighted by Gasteiger charge is -2.31. The van der Waals surface area contributed by atoms with Crippen LogP contribution < -0.4 is 4.74 Å². The predicted octanol–water partition coefficient (Wildman–Crippen LogP) is 2.62. The molecule has 0 aliphatic carbocycles. The van der Waals surface area contributed by atoms with Gasteiger partial charge in [0.15, 0.2) is 0 Å². The number of benzene rings is 1. The molecule has 0 aromatic heterocycles. The number of aliphatic imine (C=N–C) groups is 1. The van der Waals surface area contributed by atoms with Gasteiger partial charge in [0, 0.05) is 19.0 Å². The summed E-state index contributed by atoms with van der Waals surface area (Å²) in [5.74, 6) is 1.46. The van der Waals surface area contributed by atoms with Crippen LogP contribution in [0.5, 0.6) is 5.75 Å². The molecule has 1 heterocycles. The lowest BCUT2D eigenvalue weighted by Crippen LogP contribution is -2.42. The highest BCUT2D eigenvalue weighted by molar-refractivity contribution is 5.88. The maximum atomic E-state index is 11.3. The molecule has 1 aromatic carbocycles. The third kappa shape index (κ3) is 3.73. The van der Waals surface area contributed by atoms with Gasteiger partial charge < -0.3 is 14.4 Å². The molecule has 0 radical (unpaired) electrons. The Balaban J connectivity index is 2.40. The van der Waals surface area contributed by atoms with Crippen molar-refractivity contribution in [2.24, 2.45) is 10.9 Å². The third-order valence-corrected chi connectivity index (χ3v) is 3.47. The summed E-state index contributed by atoms with van der Waals surface area (Å²) in [5.41, 5.74) is 0.298. The van der Waals surface area contributed by atoms with Crippen molar-refractivity contribution >= 4 is 17.2 Å². The highest BCUT2D eigenvalue weighted by atomic mass is 16.6. The van der Waals surface area contributed by atoms with E-state index in [4.69, 9.17) is 9.47 Å². The molecule has 120 valence electrons. The van der Waals surface area contributed by atoms with Crippen molar-refractivity contribution in [3.63, 3.8) is 0 Å². The number of rotatable bonds is 4. The van der Waals surface area contributed by atoms with E-state index in [2.05, 4.69) is 9.89 Å². The maximum Gasteiger partial charge on any atom is 0.298 e. The van der Waals surface area contributed by atoms with Gasteiger partial charge in [0.2, 0.25) is 0 Å². The molecular weight excluding hydrogens is 286 g/mol. The smallest absolute Gasteiger partial charge is 0.298 e. The molecule has 0 bridgehead atoms. The van der Waals surface area contributed by atoms with E-state index in [1.165, 1.54) is 13.2 Å². The Morgan fingerprint density at radius 2 is 2.09 bits per heavy atom. The lowest BCUT2D eigenvalue weighted by atomic mass is 10.1. The summed E-state index contributed by atoms with van der Waals surface area (Å²) in [6, 6.07) is 4.71. The van der Waals surface area contributed by atoms with Crippen molar-refractivity contribution in [2.45, 2.75) is 13.8 Å². The molecule has 0 unspecified atom stereocenters. The van der Waals surface area contributed by atoms with Crippen LogP contribution in [0.2, 0.25) is 0 Å². The van der Waals surface area contributed by atoms with Crippen LogP contribution in [0.15, 0.2) is 23.2 Å². The van der Waals surface area contributed by atoms with Gasteiger partial charge in [0.05, 0.1) is 31.3 Å². The van der Waals surface area contributed by atoms with Crippen molar-refractivity contribution in [1.29, 1.82) is 0 Å². The van der Waals surface area contributed by atoms with Crippen LogP contribution in [0.1, 0.15) is 13.8 Å². The van der Waals surface area contributed by atoms with Gasteiger partial charge in [-0.05, 0) is 12.1 Å². The van der Waals surface area contributed by atoms with E-state index in [1.807, 2.05) is 13.8 Å². The monoisotopic (exact) mass is 307 g/mol. The zero-order valence-electron chi connectivity index (χ0n) is 13.1. The zero-order valence-corrected chi connectivity index (χ0v) is 13.1. The molecule has 0 atom stereocenters. The predicted molar refractivity (Wildman–Crippen MR) is 84.0 cm³/mol. The molecule has 1 aromatic rings. The number of morpholine rings is 1. The molecule has 1 aliphatic heterocycles. The summed E-state index contributed by atoms with van der Waals surface area (Å²) in [5, 5.41) is 11.3. The lowest BCUT2D eigenvalue weighted by molar-refractivity contribution is -0.384. The van der Waals surface area contributed by atoms with Gasteiger partial charge in [-0.2, -0.15) is 0 Å². The number of nitrogens with zero attached hydrogens (tertiary/aromatic N) is 3. The Kier molecular flexibility index (Phi) is 5.32. The second-order valence-corrected chi connectivity index (χ2v) is 5.34. The molecule has 2 rings (SSSR count). The summed E-state index contributed by atoms with van der Waals surface area (Å²) in [6.45, 7) is 6.86. The Morgan fingerprint density at radius 3 is 2.64 bits per heavy atom. The maximum absolute atomic E-state index is 11.3. The second-order valence-electron chi connectivity index (χ2n) is 5.34. The number of ether oxygens (including phenoxy) is 2. The first-order valence-electron chi connectivity index (χ1n) is 7.26. The number of nitro benzene ring substituents is 1. The molecular formula is C15H21N3O4. The summed E-state index contributed by atoms with van der Waals surface area (Å²) in [4.78, 5) is 17.5. The molecule has 0 amide bonds. The van der Waals surface area contributed by atoms with E-state index < -0.39 is 4.92 Å². The van der Waals surface area contributed by atoms with Gasteiger partial charge in [-0.15, -0.1) is 0 Å². The molecule has 0 spiro atoms. The van der Waals surface area contributed by atoms with Crippen molar-refractivity contribution in [1.82, 2.24) is 4.90 Å². The normalized spacial score (nSPS) is 16.0.